The van der Waals surface area contributed by atoms with Gasteiger partial charge in [-0.1, -0.05) is 84.0 Å². The second-order valence-electron chi connectivity index (χ2n) is 9.39. The van der Waals surface area contributed by atoms with Crippen molar-refractivity contribution in [1.29, 1.82) is 0 Å². The third-order valence-corrected chi connectivity index (χ3v) is 8.12. The van der Waals surface area contributed by atoms with Crippen molar-refractivity contribution in [2.45, 2.75) is 42.6 Å². The maximum atomic E-state index is 13.1. The van der Waals surface area contributed by atoms with E-state index >= 15 is 0 Å². The third-order valence-electron chi connectivity index (χ3n) is 6.86. The molecule has 0 fully saturated rings. The number of hydrogen-bond acceptors (Lipinski definition) is 6. The highest BCUT2D eigenvalue weighted by Gasteiger charge is 2.36. The Labute approximate surface area is 231 Å². The Bertz CT molecular complexity index is 1480. The van der Waals surface area contributed by atoms with Crippen LogP contribution in [0.1, 0.15) is 42.0 Å². The average molecular weight is 543 g/mol. The lowest BCUT2D eigenvalue weighted by Gasteiger charge is -2.32. The SMILES string of the molecule is O=C1CCCC2=C1C(c1ccc(OCCc3ccccc3)cc1)n1nc(SCc3ccccc3Cl)nc1N2. The first-order chi connectivity index (χ1) is 18.7. The van der Waals surface area contributed by atoms with Crippen molar-refractivity contribution in [2.24, 2.45) is 0 Å². The molecule has 1 N–H and O–H groups in total. The van der Waals surface area contributed by atoms with Gasteiger partial charge in [-0.15, -0.1) is 5.10 Å². The van der Waals surface area contributed by atoms with E-state index < -0.39 is 0 Å². The van der Waals surface area contributed by atoms with Crippen LogP contribution in [0.15, 0.2) is 95.3 Å². The number of nitrogens with one attached hydrogen (secondary N) is 1. The first-order valence-corrected chi connectivity index (χ1v) is 14.1. The summed E-state index contributed by atoms with van der Waals surface area (Å²) >= 11 is 7.87. The summed E-state index contributed by atoms with van der Waals surface area (Å²) in [6.45, 7) is 0.601. The largest absolute Gasteiger partial charge is 0.493 e. The van der Waals surface area contributed by atoms with Crippen LogP contribution in [0.4, 0.5) is 5.95 Å². The molecule has 0 amide bonds. The number of halogens is 1. The molecule has 0 spiro atoms. The minimum atomic E-state index is -0.324. The van der Waals surface area contributed by atoms with E-state index in [2.05, 4.69) is 17.4 Å². The van der Waals surface area contributed by atoms with Crippen LogP contribution in [0.25, 0.3) is 0 Å². The molecule has 1 aromatic heterocycles. The lowest BCUT2D eigenvalue weighted by Crippen LogP contribution is -2.31. The van der Waals surface area contributed by atoms with Crippen molar-refractivity contribution in [1.82, 2.24) is 14.8 Å². The minimum absolute atomic E-state index is 0.165. The minimum Gasteiger partial charge on any atom is -0.493 e. The number of rotatable bonds is 8. The Morgan fingerprint density at radius 2 is 1.79 bits per heavy atom. The number of ketones is 1. The molecule has 8 heteroatoms. The van der Waals surface area contributed by atoms with Crippen LogP contribution < -0.4 is 10.1 Å². The summed E-state index contributed by atoms with van der Waals surface area (Å²) < 4.78 is 7.85. The fourth-order valence-corrected chi connectivity index (χ4v) is 6.06. The highest BCUT2D eigenvalue weighted by molar-refractivity contribution is 7.98. The van der Waals surface area contributed by atoms with E-state index in [0.29, 0.717) is 29.9 Å². The van der Waals surface area contributed by atoms with Crippen molar-refractivity contribution in [3.8, 4) is 5.75 Å². The molecule has 1 unspecified atom stereocenters. The van der Waals surface area contributed by atoms with Crippen molar-refractivity contribution < 1.29 is 9.53 Å². The van der Waals surface area contributed by atoms with Gasteiger partial charge in [-0.25, -0.2) is 4.68 Å². The van der Waals surface area contributed by atoms with Crippen molar-refractivity contribution in [3.05, 3.63) is 112 Å². The predicted octanol–water partition coefficient (Wildman–Crippen LogP) is 6.87. The normalized spacial score (nSPS) is 16.6. The van der Waals surface area contributed by atoms with Crippen LogP contribution in [-0.4, -0.2) is 27.2 Å². The van der Waals surface area contributed by atoms with Gasteiger partial charge in [0.15, 0.2) is 5.78 Å². The highest BCUT2D eigenvalue weighted by atomic mass is 35.5. The van der Waals surface area contributed by atoms with Crippen LogP contribution in [0.3, 0.4) is 0 Å². The fourth-order valence-electron chi connectivity index (χ4n) is 4.94. The van der Waals surface area contributed by atoms with Gasteiger partial charge >= 0.3 is 0 Å². The molecule has 6 nitrogen and oxygen atoms in total. The molecule has 1 aliphatic carbocycles. The smallest absolute Gasteiger partial charge is 0.227 e. The summed E-state index contributed by atoms with van der Waals surface area (Å²) in [7, 11) is 0. The molecular weight excluding hydrogens is 516 g/mol. The van der Waals surface area contributed by atoms with Gasteiger partial charge in [0.1, 0.15) is 11.8 Å². The second-order valence-corrected chi connectivity index (χ2v) is 10.7. The van der Waals surface area contributed by atoms with Gasteiger partial charge in [0.2, 0.25) is 11.1 Å². The number of carbonyl (C=O) groups is 1. The summed E-state index contributed by atoms with van der Waals surface area (Å²) in [6, 6.07) is 25.8. The molecule has 2 heterocycles. The van der Waals surface area contributed by atoms with Crippen molar-refractivity contribution in [2.75, 3.05) is 11.9 Å². The maximum absolute atomic E-state index is 13.1. The van der Waals surface area contributed by atoms with Gasteiger partial charge < -0.3 is 10.1 Å². The molecule has 0 bridgehead atoms. The van der Waals surface area contributed by atoms with E-state index in [-0.39, 0.29) is 11.8 Å². The number of ether oxygens (including phenoxy) is 1. The summed E-state index contributed by atoms with van der Waals surface area (Å²) in [6.07, 6.45) is 3.06. The van der Waals surface area contributed by atoms with Crippen molar-refractivity contribution in [3.63, 3.8) is 0 Å². The molecule has 192 valence electrons. The lowest BCUT2D eigenvalue weighted by molar-refractivity contribution is -0.116. The van der Waals surface area contributed by atoms with E-state index in [4.69, 9.17) is 26.4 Å². The van der Waals surface area contributed by atoms with Gasteiger partial charge in [-0.2, -0.15) is 4.98 Å². The molecular formula is C30H27ClN4O2S. The zero-order valence-corrected chi connectivity index (χ0v) is 22.3. The summed E-state index contributed by atoms with van der Waals surface area (Å²) in [5.74, 6) is 2.29. The predicted molar refractivity (Wildman–Crippen MR) is 151 cm³/mol. The number of anilines is 1. The quantitative estimate of drug-likeness (QED) is 0.245. The number of aromatic nitrogens is 3. The first kappa shape index (κ1) is 24.8. The molecule has 38 heavy (non-hydrogen) atoms. The van der Waals surface area contributed by atoms with E-state index in [1.54, 1.807) is 0 Å². The number of nitrogens with zero attached hydrogens (tertiary/aromatic N) is 3. The van der Waals surface area contributed by atoms with E-state index in [1.807, 2.05) is 71.4 Å². The van der Waals surface area contributed by atoms with E-state index in [1.165, 1.54) is 17.3 Å². The molecule has 1 aliphatic heterocycles. The molecule has 6 rings (SSSR count). The van der Waals surface area contributed by atoms with E-state index in [9.17, 15) is 4.79 Å². The van der Waals surface area contributed by atoms with E-state index in [0.717, 1.165) is 52.4 Å². The Hall–Kier alpha value is -3.55. The number of thioether (sulfide) groups is 1. The van der Waals surface area contributed by atoms with Crippen LogP contribution >= 0.6 is 23.4 Å². The number of Topliss-reactive ketones (excluding diaryl/α,β-unsaturated/α-hetero) is 1. The van der Waals surface area contributed by atoms with Gasteiger partial charge in [0.25, 0.3) is 0 Å². The van der Waals surface area contributed by atoms with Crippen LogP contribution in [0, 0.1) is 0 Å². The van der Waals surface area contributed by atoms with Gasteiger partial charge in [-0.3, -0.25) is 4.79 Å². The third kappa shape index (κ3) is 5.22. The summed E-state index contributed by atoms with van der Waals surface area (Å²) in [4.78, 5) is 17.9. The van der Waals surface area contributed by atoms with Crippen LogP contribution in [-0.2, 0) is 17.0 Å². The first-order valence-electron chi connectivity index (χ1n) is 12.8. The molecule has 0 saturated carbocycles. The monoisotopic (exact) mass is 542 g/mol. The Kier molecular flexibility index (Phi) is 7.20. The standard InChI is InChI=1S/C30H27ClN4O2S/c31-24-10-5-4-9-22(24)19-38-30-33-29-32-25-11-6-12-26(36)27(25)28(35(29)34-30)21-13-15-23(16-14-21)37-18-17-20-7-2-1-3-8-20/h1-5,7-10,13-16,28H,6,11-12,17-19H2,(H,32,33,34). The summed E-state index contributed by atoms with van der Waals surface area (Å²) in [5.41, 5.74) is 5.01. The molecule has 0 radical (unpaired) electrons. The molecule has 0 saturated heterocycles. The number of carbonyl (C=O) groups excluding carboxylic acids is 1. The molecule has 3 aromatic carbocycles. The van der Waals surface area contributed by atoms with Gasteiger partial charge in [-0.05, 0) is 47.7 Å². The van der Waals surface area contributed by atoms with Crippen LogP contribution in [0.5, 0.6) is 5.75 Å². The average Bonchev–Trinajstić information content (AvgIpc) is 3.35. The Morgan fingerprint density at radius 3 is 2.61 bits per heavy atom. The summed E-state index contributed by atoms with van der Waals surface area (Å²) in [5, 5.41) is 9.60. The van der Waals surface area contributed by atoms with Gasteiger partial charge in [0.05, 0.1) is 6.61 Å². The number of allylic oxidation sites excluding steroid dienone is 2. The second kappa shape index (κ2) is 11.1. The highest BCUT2D eigenvalue weighted by Crippen LogP contribution is 2.41. The number of benzene rings is 3. The zero-order valence-electron chi connectivity index (χ0n) is 20.8. The Balaban J connectivity index is 1.23. The van der Waals surface area contributed by atoms with Crippen LogP contribution in [0.2, 0.25) is 5.02 Å². The number of hydrogen-bond donors (Lipinski definition) is 1. The molecule has 1 atom stereocenters. The lowest BCUT2D eigenvalue weighted by atomic mass is 9.85. The zero-order chi connectivity index (χ0) is 25.9. The Morgan fingerprint density at radius 1 is 1.00 bits per heavy atom. The topological polar surface area (TPSA) is 69.0 Å². The number of fused-ring (bicyclic) bond motifs is 1. The molecule has 2 aliphatic rings. The van der Waals surface area contributed by atoms with Gasteiger partial charge in [0, 0.05) is 34.9 Å². The maximum Gasteiger partial charge on any atom is 0.227 e. The van der Waals surface area contributed by atoms with Crippen molar-refractivity contribution >= 4 is 35.1 Å². The fraction of sp³-hybridized carbons (Fsp3) is 0.233. The molecule has 4 aromatic rings.